The topological polar surface area (TPSA) is 70.8 Å². The van der Waals surface area contributed by atoms with Crippen molar-refractivity contribution >= 4 is 0 Å². The van der Waals surface area contributed by atoms with Crippen LogP contribution in [0.3, 0.4) is 0 Å². The molecule has 6 nitrogen and oxygen atoms in total. The van der Waals surface area contributed by atoms with Gasteiger partial charge in [-0.25, -0.2) is 4.98 Å². The van der Waals surface area contributed by atoms with Crippen molar-refractivity contribution in [2.75, 3.05) is 7.05 Å². The molecule has 0 fully saturated rings. The van der Waals surface area contributed by atoms with E-state index in [1.165, 1.54) is 0 Å². The molecule has 2 aromatic heterocycles. The molecular weight excluding hydrogens is 230 g/mol. The summed E-state index contributed by atoms with van der Waals surface area (Å²) in [5.41, 5.74) is 1.07. The standard InChI is InChI=1S/C12H19N5O/c1-8(2)12-16-15-11(18-12)7-17(4)6-10-13-5-9(3)14-10/h5,8H,6-7H2,1-4H3,(H,13,14). The number of hydrogen-bond acceptors (Lipinski definition) is 5. The van der Waals surface area contributed by atoms with Gasteiger partial charge in [0.05, 0.1) is 13.1 Å². The fraction of sp³-hybridized carbons (Fsp3) is 0.583. The summed E-state index contributed by atoms with van der Waals surface area (Å²) >= 11 is 0. The van der Waals surface area contributed by atoms with Gasteiger partial charge < -0.3 is 9.40 Å². The normalized spacial score (nSPS) is 11.7. The molecule has 0 unspecified atom stereocenters. The summed E-state index contributed by atoms with van der Waals surface area (Å²) in [6.45, 7) is 7.41. The highest BCUT2D eigenvalue weighted by Gasteiger charge is 2.12. The highest BCUT2D eigenvalue weighted by Crippen LogP contribution is 2.13. The number of hydrogen-bond donors (Lipinski definition) is 1. The first-order chi connectivity index (χ1) is 8.54. The van der Waals surface area contributed by atoms with E-state index in [0.717, 1.165) is 18.1 Å². The van der Waals surface area contributed by atoms with Crippen molar-refractivity contribution in [2.24, 2.45) is 0 Å². The molecule has 6 heteroatoms. The zero-order valence-electron chi connectivity index (χ0n) is 11.3. The second kappa shape index (κ2) is 5.30. The van der Waals surface area contributed by atoms with Crippen LogP contribution in [0.25, 0.3) is 0 Å². The van der Waals surface area contributed by atoms with Crippen LogP contribution in [-0.2, 0) is 13.1 Å². The Morgan fingerprint density at radius 3 is 2.67 bits per heavy atom. The van der Waals surface area contributed by atoms with Gasteiger partial charge in [-0.15, -0.1) is 10.2 Å². The first kappa shape index (κ1) is 12.8. The molecule has 2 rings (SSSR count). The lowest BCUT2D eigenvalue weighted by Crippen LogP contribution is -2.18. The Labute approximate surface area is 106 Å². The van der Waals surface area contributed by atoms with Crippen LogP contribution in [0.2, 0.25) is 0 Å². The highest BCUT2D eigenvalue weighted by atomic mass is 16.4. The van der Waals surface area contributed by atoms with E-state index in [-0.39, 0.29) is 5.92 Å². The summed E-state index contributed by atoms with van der Waals surface area (Å²) in [5.74, 6) is 2.54. The van der Waals surface area contributed by atoms with E-state index in [9.17, 15) is 0 Å². The summed E-state index contributed by atoms with van der Waals surface area (Å²) in [7, 11) is 2.00. The third kappa shape index (κ3) is 3.16. The molecule has 98 valence electrons. The van der Waals surface area contributed by atoms with Gasteiger partial charge >= 0.3 is 0 Å². The minimum absolute atomic E-state index is 0.268. The molecule has 0 amide bonds. The Hall–Kier alpha value is -1.69. The molecule has 1 N–H and O–H groups in total. The number of H-pyrrole nitrogens is 1. The molecular formula is C12H19N5O. The number of aryl methyl sites for hydroxylation is 1. The Morgan fingerprint density at radius 2 is 2.11 bits per heavy atom. The summed E-state index contributed by atoms with van der Waals surface area (Å²) < 4.78 is 5.56. The highest BCUT2D eigenvalue weighted by molar-refractivity contribution is 4.98. The zero-order chi connectivity index (χ0) is 13.1. The van der Waals surface area contributed by atoms with Gasteiger partial charge in [0.15, 0.2) is 0 Å². The Bertz CT molecular complexity index is 502. The Morgan fingerprint density at radius 1 is 1.33 bits per heavy atom. The number of imidazole rings is 1. The average Bonchev–Trinajstić information content (AvgIpc) is 2.88. The molecule has 0 aliphatic heterocycles. The quantitative estimate of drug-likeness (QED) is 0.875. The van der Waals surface area contributed by atoms with Gasteiger partial charge in [0.1, 0.15) is 5.82 Å². The van der Waals surface area contributed by atoms with E-state index < -0.39 is 0 Å². The number of nitrogens with one attached hydrogen (secondary N) is 1. The SMILES string of the molecule is Cc1cnc(CN(C)Cc2nnc(C(C)C)o2)[nH]1. The zero-order valence-corrected chi connectivity index (χ0v) is 11.3. The molecule has 0 bridgehead atoms. The minimum atomic E-state index is 0.268. The molecule has 2 aromatic rings. The van der Waals surface area contributed by atoms with Gasteiger partial charge in [-0.3, -0.25) is 4.90 Å². The molecule has 0 radical (unpaired) electrons. The second-order valence-corrected chi connectivity index (χ2v) is 4.87. The van der Waals surface area contributed by atoms with Crippen LogP contribution in [0.4, 0.5) is 0 Å². The monoisotopic (exact) mass is 249 g/mol. The molecule has 0 saturated heterocycles. The van der Waals surface area contributed by atoms with E-state index >= 15 is 0 Å². The number of nitrogens with zero attached hydrogens (tertiary/aromatic N) is 4. The maximum atomic E-state index is 5.56. The fourth-order valence-electron chi connectivity index (χ4n) is 1.65. The average molecular weight is 249 g/mol. The van der Waals surface area contributed by atoms with Crippen LogP contribution in [-0.4, -0.2) is 32.1 Å². The fourth-order valence-corrected chi connectivity index (χ4v) is 1.65. The van der Waals surface area contributed by atoms with Crippen LogP contribution in [0, 0.1) is 6.92 Å². The number of rotatable bonds is 5. The molecule has 0 aliphatic carbocycles. The summed E-state index contributed by atoms with van der Waals surface area (Å²) in [6.07, 6.45) is 1.83. The predicted octanol–water partition coefficient (Wildman–Crippen LogP) is 1.86. The van der Waals surface area contributed by atoms with Crippen molar-refractivity contribution in [2.45, 2.75) is 39.8 Å². The summed E-state index contributed by atoms with van der Waals surface area (Å²) in [6, 6.07) is 0. The van der Waals surface area contributed by atoms with Crippen molar-refractivity contribution in [3.63, 3.8) is 0 Å². The minimum Gasteiger partial charge on any atom is -0.424 e. The van der Waals surface area contributed by atoms with Crippen LogP contribution < -0.4 is 0 Å². The van der Waals surface area contributed by atoms with Crippen molar-refractivity contribution < 1.29 is 4.42 Å². The van der Waals surface area contributed by atoms with Gasteiger partial charge in [0, 0.05) is 17.8 Å². The van der Waals surface area contributed by atoms with E-state index in [0.29, 0.717) is 18.3 Å². The van der Waals surface area contributed by atoms with Crippen LogP contribution >= 0.6 is 0 Å². The van der Waals surface area contributed by atoms with Gasteiger partial charge in [-0.2, -0.15) is 0 Å². The van der Waals surface area contributed by atoms with E-state index in [4.69, 9.17) is 4.42 Å². The molecule has 0 saturated carbocycles. The Kier molecular flexibility index (Phi) is 3.76. The van der Waals surface area contributed by atoms with Crippen molar-refractivity contribution in [1.82, 2.24) is 25.1 Å². The van der Waals surface area contributed by atoms with E-state index in [2.05, 4.69) is 25.1 Å². The lowest BCUT2D eigenvalue weighted by atomic mass is 10.2. The van der Waals surface area contributed by atoms with Gasteiger partial charge in [-0.05, 0) is 14.0 Å². The number of aromatic nitrogens is 4. The van der Waals surface area contributed by atoms with Gasteiger partial charge in [-0.1, -0.05) is 13.8 Å². The molecule has 18 heavy (non-hydrogen) atoms. The molecule has 0 aliphatic rings. The van der Waals surface area contributed by atoms with Crippen LogP contribution in [0.15, 0.2) is 10.6 Å². The lowest BCUT2D eigenvalue weighted by molar-refractivity contribution is 0.270. The smallest absolute Gasteiger partial charge is 0.230 e. The first-order valence-electron chi connectivity index (χ1n) is 6.06. The van der Waals surface area contributed by atoms with E-state index in [1.54, 1.807) is 0 Å². The maximum Gasteiger partial charge on any atom is 0.230 e. The second-order valence-electron chi connectivity index (χ2n) is 4.87. The van der Waals surface area contributed by atoms with Crippen molar-refractivity contribution in [3.8, 4) is 0 Å². The first-order valence-corrected chi connectivity index (χ1v) is 6.06. The Balaban J connectivity index is 1.92. The summed E-state index contributed by atoms with van der Waals surface area (Å²) in [5, 5.41) is 8.05. The summed E-state index contributed by atoms with van der Waals surface area (Å²) in [4.78, 5) is 9.54. The predicted molar refractivity (Wildman–Crippen MR) is 66.9 cm³/mol. The van der Waals surface area contributed by atoms with Gasteiger partial charge in [0.2, 0.25) is 11.8 Å². The number of aromatic amines is 1. The largest absolute Gasteiger partial charge is 0.424 e. The van der Waals surface area contributed by atoms with Gasteiger partial charge in [0.25, 0.3) is 0 Å². The van der Waals surface area contributed by atoms with Crippen molar-refractivity contribution in [3.05, 3.63) is 29.5 Å². The molecule has 0 aromatic carbocycles. The molecule has 0 atom stereocenters. The molecule has 0 spiro atoms. The van der Waals surface area contributed by atoms with Crippen LogP contribution in [0.1, 0.15) is 43.1 Å². The van der Waals surface area contributed by atoms with Crippen molar-refractivity contribution in [1.29, 1.82) is 0 Å². The van der Waals surface area contributed by atoms with Crippen LogP contribution in [0.5, 0.6) is 0 Å². The third-order valence-electron chi connectivity index (χ3n) is 2.56. The maximum absolute atomic E-state index is 5.56. The van der Waals surface area contributed by atoms with E-state index in [1.807, 2.05) is 34.0 Å². The third-order valence-corrected chi connectivity index (χ3v) is 2.56. The molecule has 2 heterocycles. The lowest BCUT2D eigenvalue weighted by Gasteiger charge is -2.11.